The van der Waals surface area contributed by atoms with Crippen molar-refractivity contribution in [2.75, 3.05) is 25.6 Å². The minimum atomic E-state index is -0.285. The molecule has 0 atom stereocenters. The Morgan fingerprint density at radius 1 is 1.00 bits per heavy atom. The van der Waals surface area contributed by atoms with Crippen LogP contribution >= 0.6 is 0 Å². The number of pyridine rings is 1. The van der Waals surface area contributed by atoms with Crippen LogP contribution < -0.4 is 19.5 Å². The lowest BCUT2D eigenvalue weighted by Gasteiger charge is -2.14. The highest BCUT2D eigenvalue weighted by molar-refractivity contribution is 6.04. The van der Waals surface area contributed by atoms with E-state index in [0.29, 0.717) is 47.7 Å². The monoisotopic (exact) mass is 488 g/mol. The van der Waals surface area contributed by atoms with Crippen molar-refractivity contribution in [3.63, 3.8) is 0 Å². The molecular weight excluding hydrogens is 456 g/mol. The highest BCUT2D eigenvalue weighted by Crippen LogP contribution is 2.31. The maximum absolute atomic E-state index is 13.2. The van der Waals surface area contributed by atoms with Gasteiger partial charge < -0.3 is 19.5 Å². The SMILES string of the molecule is CCCCOc1ccc(C(=O)Nc2cc(C)nn2-c2cc(C)c3cccc(OC)c3n2)cc1OCC. The fraction of sp³-hybridized carbons (Fsp3) is 0.321. The van der Waals surface area contributed by atoms with Gasteiger partial charge in [0, 0.05) is 17.0 Å². The van der Waals surface area contributed by atoms with Gasteiger partial charge in [-0.2, -0.15) is 9.78 Å². The molecule has 0 fully saturated rings. The van der Waals surface area contributed by atoms with Crippen LogP contribution in [-0.4, -0.2) is 41.0 Å². The average molecular weight is 489 g/mol. The van der Waals surface area contributed by atoms with Crippen LogP contribution in [-0.2, 0) is 0 Å². The standard InChI is InChI=1S/C28H32N4O4/c1-6-8-14-36-22-13-12-20(17-24(22)35-7-2)28(33)30-26-16-19(4)31-32(26)25-15-18(3)21-10-9-11-23(34-5)27(21)29-25/h9-13,15-17H,6-8,14H2,1-5H3,(H,30,33). The molecule has 0 aliphatic carbocycles. The molecule has 8 heteroatoms. The van der Waals surface area contributed by atoms with Gasteiger partial charge in [-0.25, -0.2) is 4.98 Å². The van der Waals surface area contributed by atoms with E-state index in [2.05, 4.69) is 17.3 Å². The van der Waals surface area contributed by atoms with Crippen molar-refractivity contribution >= 4 is 22.6 Å². The summed E-state index contributed by atoms with van der Waals surface area (Å²) in [7, 11) is 1.62. The number of aryl methyl sites for hydroxylation is 2. The quantitative estimate of drug-likeness (QED) is 0.281. The number of anilines is 1. The third-order valence-corrected chi connectivity index (χ3v) is 5.77. The number of ether oxygens (including phenoxy) is 3. The molecule has 0 saturated carbocycles. The second-order valence-corrected chi connectivity index (χ2v) is 8.49. The van der Waals surface area contributed by atoms with E-state index in [0.717, 1.165) is 35.0 Å². The molecule has 4 rings (SSSR count). The van der Waals surface area contributed by atoms with E-state index in [4.69, 9.17) is 19.2 Å². The van der Waals surface area contributed by atoms with Crippen LogP contribution in [0.25, 0.3) is 16.7 Å². The zero-order valence-corrected chi connectivity index (χ0v) is 21.4. The summed E-state index contributed by atoms with van der Waals surface area (Å²) in [4.78, 5) is 18.0. The maximum Gasteiger partial charge on any atom is 0.256 e. The van der Waals surface area contributed by atoms with E-state index < -0.39 is 0 Å². The van der Waals surface area contributed by atoms with E-state index in [1.165, 1.54) is 0 Å². The van der Waals surface area contributed by atoms with E-state index in [9.17, 15) is 4.79 Å². The lowest BCUT2D eigenvalue weighted by molar-refractivity contribution is 0.102. The number of rotatable bonds is 10. The highest BCUT2D eigenvalue weighted by Gasteiger charge is 2.17. The second kappa shape index (κ2) is 11.1. The lowest BCUT2D eigenvalue weighted by Crippen LogP contribution is -2.16. The molecule has 8 nitrogen and oxygen atoms in total. The molecule has 0 aliphatic heterocycles. The van der Waals surface area contributed by atoms with E-state index in [1.54, 1.807) is 30.0 Å². The first-order valence-corrected chi connectivity index (χ1v) is 12.2. The number of unbranched alkanes of at least 4 members (excludes halogenated alkanes) is 1. The van der Waals surface area contributed by atoms with Gasteiger partial charge in [0.1, 0.15) is 17.1 Å². The van der Waals surface area contributed by atoms with Gasteiger partial charge in [0.15, 0.2) is 17.3 Å². The Hall–Kier alpha value is -4.07. The predicted octanol–water partition coefficient (Wildman–Crippen LogP) is 5.88. The summed E-state index contributed by atoms with van der Waals surface area (Å²) in [5.74, 6) is 2.67. The third-order valence-electron chi connectivity index (χ3n) is 5.77. The Bertz CT molecular complexity index is 1380. The van der Waals surface area contributed by atoms with Gasteiger partial charge in [-0.1, -0.05) is 25.5 Å². The highest BCUT2D eigenvalue weighted by atomic mass is 16.5. The molecule has 1 N–H and O–H groups in total. The number of nitrogens with zero attached hydrogens (tertiary/aromatic N) is 3. The first kappa shape index (κ1) is 25.0. The zero-order chi connectivity index (χ0) is 25.7. The molecule has 2 heterocycles. The van der Waals surface area contributed by atoms with Crippen LogP contribution in [0.15, 0.2) is 48.5 Å². The number of nitrogens with one attached hydrogen (secondary N) is 1. The second-order valence-electron chi connectivity index (χ2n) is 8.49. The van der Waals surface area contributed by atoms with Crippen molar-refractivity contribution < 1.29 is 19.0 Å². The Morgan fingerprint density at radius 3 is 2.58 bits per heavy atom. The fourth-order valence-corrected chi connectivity index (χ4v) is 3.96. The molecule has 0 aliphatic rings. The molecule has 0 unspecified atom stereocenters. The Balaban J connectivity index is 1.65. The molecule has 36 heavy (non-hydrogen) atoms. The molecule has 0 bridgehead atoms. The minimum Gasteiger partial charge on any atom is -0.494 e. The smallest absolute Gasteiger partial charge is 0.256 e. The first-order chi connectivity index (χ1) is 17.4. The van der Waals surface area contributed by atoms with Crippen molar-refractivity contribution in [3.8, 4) is 23.1 Å². The number of aromatic nitrogens is 3. The summed E-state index contributed by atoms with van der Waals surface area (Å²) in [5, 5.41) is 8.56. The van der Waals surface area contributed by atoms with Crippen LogP contribution in [0.4, 0.5) is 5.82 Å². The van der Waals surface area contributed by atoms with Crippen molar-refractivity contribution in [2.45, 2.75) is 40.5 Å². The predicted molar refractivity (Wildman–Crippen MR) is 141 cm³/mol. The molecule has 0 spiro atoms. The summed E-state index contributed by atoms with van der Waals surface area (Å²) in [6.45, 7) is 8.97. The van der Waals surface area contributed by atoms with Crippen LogP contribution in [0.2, 0.25) is 0 Å². The van der Waals surface area contributed by atoms with Gasteiger partial charge in [-0.05, 0) is 63.1 Å². The Morgan fingerprint density at radius 2 is 1.83 bits per heavy atom. The summed E-state index contributed by atoms with van der Waals surface area (Å²) < 4.78 is 18.7. The maximum atomic E-state index is 13.2. The Labute approximate surface area is 211 Å². The summed E-state index contributed by atoms with van der Waals surface area (Å²) >= 11 is 0. The van der Waals surface area contributed by atoms with E-state index in [-0.39, 0.29) is 5.91 Å². The van der Waals surface area contributed by atoms with Crippen LogP contribution in [0, 0.1) is 13.8 Å². The minimum absolute atomic E-state index is 0.285. The number of carbonyl (C=O) groups is 1. The Kier molecular flexibility index (Phi) is 7.73. The van der Waals surface area contributed by atoms with Crippen LogP contribution in [0.1, 0.15) is 48.3 Å². The molecule has 2 aromatic heterocycles. The van der Waals surface area contributed by atoms with Gasteiger partial charge in [-0.15, -0.1) is 0 Å². The molecule has 0 radical (unpaired) electrons. The van der Waals surface area contributed by atoms with E-state index >= 15 is 0 Å². The number of fused-ring (bicyclic) bond motifs is 1. The number of para-hydroxylation sites is 1. The van der Waals surface area contributed by atoms with Gasteiger partial charge in [0.2, 0.25) is 0 Å². The summed E-state index contributed by atoms with van der Waals surface area (Å²) in [6.07, 6.45) is 1.99. The number of carbonyl (C=O) groups excluding carboxylic acids is 1. The molecule has 188 valence electrons. The molecule has 0 saturated heterocycles. The largest absolute Gasteiger partial charge is 0.494 e. The topological polar surface area (TPSA) is 87.5 Å². The third kappa shape index (κ3) is 5.27. The lowest BCUT2D eigenvalue weighted by atomic mass is 10.1. The van der Waals surface area contributed by atoms with Gasteiger partial charge in [0.25, 0.3) is 5.91 Å². The van der Waals surface area contributed by atoms with Gasteiger partial charge >= 0.3 is 0 Å². The van der Waals surface area contributed by atoms with Crippen molar-refractivity contribution in [2.24, 2.45) is 0 Å². The number of amides is 1. The summed E-state index contributed by atoms with van der Waals surface area (Å²) in [5.41, 5.74) is 2.97. The van der Waals surface area contributed by atoms with Gasteiger partial charge in [0.05, 0.1) is 26.0 Å². The van der Waals surface area contributed by atoms with E-state index in [1.807, 2.05) is 51.1 Å². The first-order valence-electron chi connectivity index (χ1n) is 12.2. The average Bonchev–Trinajstić information content (AvgIpc) is 3.24. The number of benzene rings is 2. The van der Waals surface area contributed by atoms with Gasteiger partial charge in [-0.3, -0.25) is 4.79 Å². The molecule has 2 aromatic carbocycles. The van der Waals surface area contributed by atoms with Crippen LogP contribution in [0.5, 0.6) is 17.2 Å². The molecule has 4 aromatic rings. The summed E-state index contributed by atoms with van der Waals surface area (Å²) in [6, 6.07) is 14.8. The normalized spacial score (nSPS) is 10.9. The number of hydrogen-bond donors (Lipinski definition) is 1. The van der Waals surface area contributed by atoms with Crippen molar-refractivity contribution in [3.05, 3.63) is 65.4 Å². The number of methoxy groups -OCH3 is 1. The molecular formula is C28H32N4O4. The van der Waals surface area contributed by atoms with Crippen molar-refractivity contribution in [1.29, 1.82) is 0 Å². The zero-order valence-electron chi connectivity index (χ0n) is 21.4. The van der Waals surface area contributed by atoms with Crippen LogP contribution in [0.3, 0.4) is 0 Å². The number of hydrogen-bond acceptors (Lipinski definition) is 6. The van der Waals surface area contributed by atoms with Crippen molar-refractivity contribution in [1.82, 2.24) is 14.8 Å². The fourth-order valence-electron chi connectivity index (χ4n) is 3.96. The molecule has 1 amide bonds.